The Balaban J connectivity index is 1.66. The minimum atomic E-state index is 0.152. The van der Waals surface area contributed by atoms with Gasteiger partial charge in [0.05, 0.1) is 6.61 Å². The number of nitrogens with zero attached hydrogens (tertiary/aromatic N) is 1. The van der Waals surface area contributed by atoms with Crippen LogP contribution in [0.15, 0.2) is 23.0 Å². The van der Waals surface area contributed by atoms with Crippen LogP contribution in [0, 0.1) is 17.8 Å². The molecular formula is C24H34N2O2. The molecule has 1 aromatic heterocycles. The largest absolute Gasteiger partial charge is 0.494 e. The first kappa shape index (κ1) is 19.5. The van der Waals surface area contributed by atoms with Crippen LogP contribution in [0.4, 0.5) is 0 Å². The number of rotatable bonds is 5. The summed E-state index contributed by atoms with van der Waals surface area (Å²) in [4.78, 5) is 19.4. The van der Waals surface area contributed by atoms with Crippen molar-refractivity contribution < 1.29 is 4.74 Å². The van der Waals surface area contributed by atoms with Gasteiger partial charge in [0, 0.05) is 41.3 Å². The lowest BCUT2D eigenvalue weighted by atomic mass is 9.65. The van der Waals surface area contributed by atoms with Gasteiger partial charge in [-0.05, 0) is 61.6 Å². The molecule has 152 valence electrons. The number of H-pyrrole nitrogens is 1. The quantitative estimate of drug-likeness (QED) is 0.789. The average molecular weight is 383 g/mol. The summed E-state index contributed by atoms with van der Waals surface area (Å²) in [5.74, 6) is 0.779. The molecule has 1 aromatic carbocycles. The van der Waals surface area contributed by atoms with Crippen LogP contribution in [0.25, 0.3) is 10.9 Å². The summed E-state index contributed by atoms with van der Waals surface area (Å²) in [5.41, 5.74) is 3.72. The molecule has 28 heavy (non-hydrogen) atoms. The number of hydrogen-bond donors (Lipinski definition) is 1. The van der Waals surface area contributed by atoms with Crippen molar-refractivity contribution in [2.75, 3.05) is 13.2 Å². The summed E-state index contributed by atoms with van der Waals surface area (Å²) in [5, 5.41) is 0.739. The molecule has 2 bridgehead atoms. The predicted octanol–water partition coefficient (Wildman–Crippen LogP) is 5.03. The number of aromatic amines is 1. The van der Waals surface area contributed by atoms with Crippen molar-refractivity contribution in [1.29, 1.82) is 0 Å². The van der Waals surface area contributed by atoms with Crippen LogP contribution in [0.5, 0.6) is 5.75 Å². The smallest absolute Gasteiger partial charge is 0.194 e. The molecular weight excluding hydrogens is 348 g/mol. The Morgan fingerprint density at radius 3 is 2.79 bits per heavy atom. The van der Waals surface area contributed by atoms with Crippen LogP contribution in [-0.4, -0.2) is 29.1 Å². The van der Waals surface area contributed by atoms with Crippen molar-refractivity contribution in [1.82, 2.24) is 9.88 Å². The number of pyridine rings is 1. The van der Waals surface area contributed by atoms with E-state index in [-0.39, 0.29) is 5.43 Å². The second kappa shape index (κ2) is 6.91. The van der Waals surface area contributed by atoms with Gasteiger partial charge in [-0.1, -0.05) is 27.7 Å². The number of likely N-dealkylation sites (tertiary alicyclic amines) is 1. The first-order valence-corrected chi connectivity index (χ1v) is 10.7. The van der Waals surface area contributed by atoms with Crippen LogP contribution < -0.4 is 10.2 Å². The first-order valence-electron chi connectivity index (χ1n) is 10.7. The Morgan fingerprint density at radius 1 is 1.25 bits per heavy atom. The summed E-state index contributed by atoms with van der Waals surface area (Å²) in [6, 6.07) is 6.40. The molecule has 1 aliphatic heterocycles. The van der Waals surface area contributed by atoms with Gasteiger partial charge in [0.2, 0.25) is 0 Å². The van der Waals surface area contributed by atoms with Crippen molar-refractivity contribution in [3.8, 4) is 5.75 Å². The van der Waals surface area contributed by atoms with Gasteiger partial charge in [-0.25, -0.2) is 0 Å². The normalized spacial score (nSPS) is 26.7. The fraction of sp³-hybridized carbons (Fsp3) is 0.625. The topological polar surface area (TPSA) is 45.3 Å². The van der Waals surface area contributed by atoms with Gasteiger partial charge in [-0.2, -0.15) is 0 Å². The molecule has 0 radical (unpaired) electrons. The maximum Gasteiger partial charge on any atom is 0.194 e. The Bertz CT molecular complexity index is 946. The lowest BCUT2D eigenvalue weighted by Gasteiger charge is -2.40. The molecule has 1 N–H and O–H groups in total. The molecule has 0 spiro atoms. The highest BCUT2D eigenvalue weighted by atomic mass is 16.5. The van der Waals surface area contributed by atoms with E-state index in [0.29, 0.717) is 23.5 Å². The summed E-state index contributed by atoms with van der Waals surface area (Å²) in [7, 11) is 0. The summed E-state index contributed by atoms with van der Waals surface area (Å²) in [6.45, 7) is 13.8. The van der Waals surface area contributed by atoms with Crippen molar-refractivity contribution in [2.24, 2.45) is 10.8 Å². The van der Waals surface area contributed by atoms with Gasteiger partial charge < -0.3 is 9.72 Å². The number of fused-ring (bicyclic) bond motifs is 3. The molecule has 1 saturated heterocycles. The lowest BCUT2D eigenvalue weighted by molar-refractivity contribution is 0.126. The van der Waals surface area contributed by atoms with Crippen LogP contribution in [0.2, 0.25) is 0 Å². The number of benzene rings is 1. The van der Waals surface area contributed by atoms with Gasteiger partial charge in [-0.3, -0.25) is 9.69 Å². The molecule has 2 atom stereocenters. The monoisotopic (exact) mass is 382 g/mol. The zero-order valence-corrected chi connectivity index (χ0v) is 18.0. The van der Waals surface area contributed by atoms with Crippen LogP contribution >= 0.6 is 0 Å². The molecule has 4 rings (SSSR count). The van der Waals surface area contributed by atoms with Gasteiger partial charge in [0.1, 0.15) is 5.75 Å². The van der Waals surface area contributed by atoms with Gasteiger partial charge in [-0.15, -0.1) is 0 Å². The fourth-order valence-electron chi connectivity index (χ4n) is 5.90. The number of aromatic nitrogens is 1. The highest BCUT2D eigenvalue weighted by Gasteiger charge is 2.49. The van der Waals surface area contributed by atoms with Crippen molar-refractivity contribution in [3.63, 3.8) is 0 Å². The van der Waals surface area contributed by atoms with Gasteiger partial charge in [0.15, 0.2) is 5.43 Å². The Morgan fingerprint density at radius 2 is 2.04 bits per heavy atom. The van der Waals surface area contributed by atoms with E-state index in [1.54, 1.807) is 0 Å². The molecule has 4 nitrogen and oxygen atoms in total. The van der Waals surface area contributed by atoms with E-state index < -0.39 is 0 Å². The third-order valence-electron chi connectivity index (χ3n) is 6.64. The van der Waals surface area contributed by atoms with Gasteiger partial charge in [0.25, 0.3) is 0 Å². The van der Waals surface area contributed by atoms with Crippen LogP contribution in [0.1, 0.15) is 64.6 Å². The zero-order chi connectivity index (χ0) is 20.1. The maximum atomic E-state index is 13.4. The summed E-state index contributed by atoms with van der Waals surface area (Å²) in [6.07, 6.45) is 4.72. The average Bonchev–Trinajstić information content (AvgIpc) is 2.85. The third-order valence-corrected chi connectivity index (χ3v) is 6.64. The molecule has 1 aliphatic carbocycles. The molecule has 2 aliphatic rings. The third kappa shape index (κ3) is 3.59. The highest BCUT2D eigenvalue weighted by molar-refractivity contribution is 5.81. The molecule has 0 unspecified atom stereocenters. The van der Waals surface area contributed by atoms with E-state index >= 15 is 0 Å². The van der Waals surface area contributed by atoms with Gasteiger partial charge >= 0.3 is 0 Å². The van der Waals surface area contributed by atoms with E-state index in [0.717, 1.165) is 47.4 Å². The predicted molar refractivity (Wildman–Crippen MR) is 115 cm³/mol. The van der Waals surface area contributed by atoms with Crippen molar-refractivity contribution >= 4 is 10.9 Å². The Hall–Kier alpha value is -1.81. The number of aryl methyl sites for hydroxylation is 1. The Kier molecular flexibility index (Phi) is 4.81. The van der Waals surface area contributed by atoms with E-state index in [4.69, 9.17) is 4.74 Å². The molecule has 2 fully saturated rings. The SMILES string of the molecule is CCCOc1ccc2[nH]c(C)c(CN3C[C@@]4(C)C[C@H]3CC(C)(C)C4)c(=O)c2c1. The summed E-state index contributed by atoms with van der Waals surface area (Å²) >= 11 is 0. The standard InChI is InChI=1S/C24H34N2O2/c1-6-9-28-18-7-8-21-19(10-18)22(27)20(16(2)25-21)13-26-15-24(5)12-17(26)11-23(3,4)14-24/h7-8,10,17H,6,9,11-15H2,1-5H3,(H,25,27)/t17-,24+/m1/s1. The highest BCUT2D eigenvalue weighted by Crippen LogP contribution is 2.52. The van der Waals surface area contributed by atoms with E-state index in [2.05, 4.69) is 37.6 Å². The first-order chi connectivity index (χ1) is 13.2. The van der Waals surface area contributed by atoms with E-state index in [1.165, 1.54) is 19.3 Å². The molecule has 4 heteroatoms. The molecule has 1 saturated carbocycles. The molecule has 2 heterocycles. The fourth-order valence-corrected chi connectivity index (χ4v) is 5.90. The second-order valence-electron chi connectivity index (χ2n) is 10.2. The van der Waals surface area contributed by atoms with Crippen molar-refractivity contribution in [3.05, 3.63) is 39.7 Å². The lowest BCUT2D eigenvalue weighted by Crippen LogP contribution is -2.35. The Labute approximate surface area is 168 Å². The maximum absolute atomic E-state index is 13.4. The molecule has 2 aromatic rings. The summed E-state index contributed by atoms with van der Waals surface area (Å²) < 4.78 is 5.75. The zero-order valence-electron chi connectivity index (χ0n) is 18.0. The second-order valence-corrected chi connectivity index (χ2v) is 10.2. The minimum absolute atomic E-state index is 0.152. The number of nitrogens with one attached hydrogen (secondary N) is 1. The number of hydrogen-bond acceptors (Lipinski definition) is 3. The van der Waals surface area contributed by atoms with E-state index in [9.17, 15) is 4.79 Å². The van der Waals surface area contributed by atoms with Crippen molar-refractivity contribution in [2.45, 2.75) is 72.9 Å². The number of ether oxygens (including phenoxy) is 1. The van der Waals surface area contributed by atoms with E-state index in [1.807, 2.05) is 25.1 Å². The van der Waals surface area contributed by atoms with Crippen LogP contribution in [0.3, 0.4) is 0 Å². The minimum Gasteiger partial charge on any atom is -0.494 e. The van der Waals surface area contributed by atoms with Crippen LogP contribution in [-0.2, 0) is 6.54 Å². The molecule has 0 amide bonds.